The van der Waals surface area contributed by atoms with Gasteiger partial charge in [-0.25, -0.2) is 4.79 Å². The summed E-state index contributed by atoms with van der Waals surface area (Å²) in [5.74, 6) is 0.0800. The summed E-state index contributed by atoms with van der Waals surface area (Å²) in [4.78, 5) is 11.2. The van der Waals surface area contributed by atoms with E-state index < -0.39 is 9.51 Å². The Balaban J connectivity index is 0.00000288. The summed E-state index contributed by atoms with van der Waals surface area (Å²) >= 11 is 6.04. The van der Waals surface area contributed by atoms with Gasteiger partial charge >= 0.3 is 35.5 Å². The van der Waals surface area contributed by atoms with Crippen LogP contribution in [0.4, 0.5) is 0 Å². The molecular formula is C15H11I3NNaO4. The topological polar surface area (TPSA) is 95.6 Å². The molecule has 0 aliphatic carbocycles. The van der Waals surface area contributed by atoms with Crippen LogP contribution in [-0.4, -0.2) is 14.6 Å². The molecule has 0 radical (unpaired) electrons. The van der Waals surface area contributed by atoms with E-state index in [0.717, 1.165) is 12.7 Å². The van der Waals surface area contributed by atoms with Crippen molar-refractivity contribution < 1.29 is 49.3 Å². The molecule has 0 unspecified atom stereocenters. The fourth-order valence-corrected chi connectivity index (χ4v) is 3.46. The minimum Gasteiger partial charge on any atom is -0.872 e. The number of carbonyl (C=O) groups is 1. The van der Waals surface area contributed by atoms with Crippen molar-refractivity contribution in [3.05, 3.63) is 49.1 Å². The number of hydrogen-bond donors (Lipinski definition) is 2. The van der Waals surface area contributed by atoms with Crippen molar-refractivity contribution >= 4 is 73.7 Å². The largest absolute Gasteiger partial charge is 1.00 e. The Morgan fingerprint density at radius 3 is 2.29 bits per heavy atom. The van der Waals surface area contributed by atoms with E-state index in [-0.39, 0.29) is 41.7 Å². The van der Waals surface area contributed by atoms with E-state index in [9.17, 15) is 9.90 Å². The first-order valence-corrected chi connectivity index (χ1v) is 9.57. The average Bonchev–Trinajstić information content (AvgIpc) is 2.49. The molecule has 9 heteroatoms. The van der Waals surface area contributed by atoms with Gasteiger partial charge in [-0.1, -0.05) is 18.2 Å². The van der Waals surface area contributed by atoms with Crippen molar-refractivity contribution in [1.29, 1.82) is 0 Å². The van der Waals surface area contributed by atoms with Gasteiger partial charge in [0.05, 0.1) is 3.57 Å². The maximum atomic E-state index is 11.2. The minimum absolute atomic E-state index is 0. The summed E-state index contributed by atoms with van der Waals surface area (Å²) in [5, 5.41) is 20.3. The molecule has 0 aliphatic rings. The summed E-state index contributed by atoms with van der Waals surface area (Å²) in [6, 6.07) is 9.68. The van der Waals surface area contributed by atoms with Gasteiger partial charge < -0.3 is 20.7 Å². The molecule has 0 aromatic heterocycles. The van der Waals surface area contributed by atoms with Gasteiger partial charge in [0, 0.05) is 9.99 Å². The molecule has 2 aromatic carbocycles. The normalized spacial score (nSPS) is 12.8. The molecule has 3 N–H and O–H groups in total. The molecule has 122 valence electrons. The molecule has 1 atom stereocenters. The van der Waals surface area contributed by atoms with Gasteiger partial charge in [0.25, 0.3) is 0 Å². The zero-order valence-electron chi connectivity index (χ0n) is 12.6. The Labute approximate surface area is 202 Å². The van der Waals surface area contributed by atoms with Gasteiger partial charge in [0.2, 0.25) is 0 Å². The number of hydrogen-bond acceptors (Lipinski definition) is 4. The molecule has 0 saturated carbocycles. The molecule has 2 aromatic rings. The third-order valence-corrected chi connectivity index (χ3v) is 7.16. The van der Waals surface area contributed by atoms with Gasteiger partial charge in [0.1, 0.15) is 11.5 Å². The van der Waals surface area contributed by atoms with Gasteiger partial charge in [-0.2, -0.15) is 0 Å². The van der Waals surface area contributed by atoms with Crippen molar-refractivity contribution in [1.82, 2.24) is 0 Å². The Kier molecular flexibility index (Phi) is 9.04. The van der Waals surface area contributed by atoms with Crippen molar-refractivity contribution in [3.63, 3.8) is 0 Å². The number of ether oxygens (including phenoxy) is 1. The predicted molar refractivity (Wildman–Crippen MR) is 110 cm³/mol. The van der Waals surface area contributed by atoms with Gasteiger partial charge in [-0.15, -0.1) is 5.75 Å². The van der Waals surface area contributed by atoms with Crippen LogP contribution in [0.2, 0.25) is 0 Å². The summed E-state index contributed by atoms with van der Waals surface area (Å²) in [6.07, 6.45) is 0.211. The average molecular weight is 673 g/mol. The SMILES string of the molecule is N[C@](I)(Cc1ccc(Oc2ccc([O-])cc2)c(I)c1I)C(=O)O.[Na+]. The molecule has 0 fully saturated rings. The molecule has 2 rings (SSSR count). The van der Waals surface area contributed by atoms with Crippen molar-refractivity contribution in [2.45, 2.75) is 9.97 Å². The number of halogens is 3. The van der Waals surface area contributed by atoms with Crippen LogP contribution in [0.5, 0.6) is 17.2 Å². The fraction of sp³-hybridized carbons (Fsp3) is 0.133. The van der Waals surface area contributed by atoms with Gasteiger partial charge in [-0.3, -0.25) is 0 Å². The van der Waals surface area contributed by atoms with Crippen LogP contribution in [0.15, 0.2) is 36.4 Å². The first-order chi connectivity index (χ1) is 10.7. The zero-order chi connectivity index (χ0) is 17.2. The number of benzene rings is 2. The van der Waals surface area contributed by atoms with E-state index in [1.165, 1.54) is 12.1 Å². The number of carboxylic acids is 1. The Bertz CT molecular complexity index is 738. The minimum atomic E-state index is -1.35. The maximum Gasteiger partial charge on any atom is 1.00 e. The van der Waals surface area contributed by atoms with Crippen LogP contribution in [0.25, 0.3) is 0 Å². The van der Waals surface area contributed by atoms with E-state index in [0.29, 0.717) is 11.5 Å². The van der Waals surface area contributed by atoms with Crippen LogP contribution >= 0.6 is 67.8 Å². The van der Waals surface area contributed by atoms with E-state index >= 15 is 0 Å². The molecule has 0 saturated heterocycles. The first-order valence-electron chi connectivity index (χ1n) is 6.33. The van der Waals surface area contributed by atoms with Crippen LogP contribution in [0.3, 0.4) is 0 Å². The predicted octanol–water partition coefficient (Wildman–Crippen LogP) is 0.483. The Hall–Kier alpha value is 0.660. The van der Waals surface area contributed by atoms with Crippen LogP contribution in [0.1, 0.15) is 5.56 Å². The molecule has 0 heterocycles. The Morgan fingerprint density at radius 1 is 1.17 bits per heavy atom. The van der Waals surface area contributed by atoms with Crippen LogP contribution < -0.4 is 45.1 Å². The Morgan fingerprint density at radius 2 is 1.75 bits per heavy atom. The summed E-state index contributed by atoms with van der Waals surface area (Å²) < 4.78 is 6.19. The van der Waals surface area contributed by atoms with Gasteiger partial charge in [0.15, 0.2) is 3.55 Å². The van der Waals surface area contributed by atoms with Crippen LogP contribution in [0, 0.1) is 7.14 Å². The molecule has 5 nitrogen and oxygen atoms in total. The van der Waals surface area contributed by atoms with E-state index in [2.05, 4.69) is 45.2 Å². The van der Waals surface area contributed by atoms with Crippen molar-refractivity contribution in [2.75, 3.05) is 0 Å². The standard InChI is InChI=1S/C15H12I3NO4.Na/c16-12-8(7-15(18,19)14(21)22)1-6-11(13(12)17)23-10-4-2-9(20)3-5-10;/h1-6,20H,7,19H2,(H,21,22);/q;+1/p-1/t15-;/m1./s1. The van der Waals surface area contributed by atoms with Gasteiger partial charge in [-0.05, 0) is 91.5 Å². The van der Waals surface area contributed by atoms with Crippen molar-refractivity contribution in [2.24, 2.45) is 5.73 Å². The monoisotopic (exact) mass is 673 g/mol. The van der Waals surface area contributed by atoms with E-state index in [4.69, 9.17) is 15.6 Å². The third-order valence-electron chi connectivity index (χ3n) is 2.98. The summed E-state index contributed by atoms with van der Waals surface area (Å²) in [5.41, 5.74) is 6.65. The molecule has 24 heavy (non-hydrogen) atoms. The summed E-state index contributed by atoms with van der Waals surface area (Å²) in [7, 11) is 0. The molecule has 0 aliphatic heterocycles. The van der Waals surface area contributed by atoms with E-state index in [1.54, 1.807) is 40.8 Å². The quantitative estimate of drug-likeness (QED) is 0.209. The maximum absolute atomic E-state index is 11.2. The number of aliphatic carboxylic acids is 1. The number of carboxylic acid groups (broad SMARTS) is 1. The fourth-order valence-electron chi connectivity index (χ4n) is 1.77. The summed E-state index contributed by atoms with van der Waals surface area (Å²) in [6.45, 7) is 0. The number of alkyl halides is 1. The molecular weight excluding hydrogens is 662 g/mol. The third kappa shape index (κ3) is 5.84. The first kappa shape index (κ1) is 22.7. The molecule has 0 amide bonds. The van der Waals surface area contributed by atoms with Crippen molar-refractivity contribution in [3.8, 4) is 17.2 Å². The second-order valence-corrected chi connectivity index (χ2v) is 8.85. The second kappa shape index (κ2) is 9.55. The number of nitrogens with two attached hydrogens (primary N) is 1. The zero-order valence-corrected chi connectivity index (χ0v) is 21.0. The molecule has 0 bridgehead atoms. The van der Waals surface area contributed by atoms with E-state index in [1.807, 2.05) is 6.07 Å². The molecule has 0 spiro atoms. The number of rotatable bonds is 5. The smallest absolute Gasteiger partial charge is 0.872 e. The van der Waals surface area contributed by atoms with Crippen LogP contribution in [-0.2, 0) is 11.2 Å². The second-order valence-electron chi connectivity index (χ2n) is 4.77.